The summed E-state index contributed by atoms with van der Waals surface area (Å²) < 4.78 is 18.9. The Morgan fingerprint density at radius 1 is 1.29 bits per heavy atom. The summed E-state index contributed by atoms with van der Waals surface area (Å²) >= 11 is 0. The number of rotatable bonds is 2. The van der Waals surface area contributed by atoms with Gasteiger partial charge in [-0.25, -0.2) is 4.39 Å². The summed E-state index contributed by atoms with van der Waals surface area (Å²) in [6.45, 7) is 2.01. The Bertz CT molecular complexity index is 949. The Hall–Kier alpha value is -3.15. The standard InChI is InChI=1S/C18H14FN3O2/c1-10-8-11(19)6-7-14(10)20-18(23)17-13-9-24-15-5-3-2-4-12(15)16(13)21-22-17/h2-8H,9H2,1H3,(H,20,23)(H,21,22). The average Bonchev–Trinajstić information content (AvgIpc) is 3.02. The van der Waals surface area contributed by atoms with Crippen LogP contribution < -0.4 is 10.1 Å². The molecule has 1 amide bonds. The van der Waals surface area contributed by atoms with Gasteiger partial charge >= 0.3 is 0 Å². The number of ether oxygens (including phenoxy) is 1. The zero-order valence-corrected chi connectivity index (χ0v) is 12.9. The van der Waals surface area contributed by atoms with E-state index in [2.05, 4.69) is 15.5 Å². The second kappa shape index (κ2) is 5.49. The SMILES string of the molecule is Cc1cc(F)ccc1NC(=O)c1[nH]nc2c1COc1ccccc1-2. The first-order valence-corrected chi connectivity index (χ1v) is 7.50. The van der Waals surface area contributed by atoms with Gasteiger partial charge in [-0.05, 0) is 42.8 Å². The van der Waals surface area contributed by atoms with Crippen LogP contribution in [-0.4, -0.2) is 16.1 Å². The number of nitrogens with one attached hydrogen (secondary N) is 2. The van der Waals surface area contributed by atoms with Gasteiger partial charge in [0.2, 0.25) is 0 Å². The fourth-order valence-corrected chi connectivity index (χ4v) is 2.81. The Labute approximate surface area is 137 Å². The Morgan fingerprint density at radius 3 is 2.96 bits per heavy atom. The van der Waals surface area contributed by atoms with E-state index in [0.717, 1.165) is 17.0 Å². The number of anilines is 1. The number of fused-ring (bicyclic) bond motifs is 3. The Morgan fingerprint density at radius 2 is 2.12 bits per heavy atom. The van der Waals surface area contributed by atoms with E-state index in [1.54, 1.807) is 6.92 Å². The molecule has 0 radical (unpaired) electrons. The molecule has 0 saturated heterocycles. The normalized spacial score (nSPS) is 12.1. The number of aryl methyl sites for hydroxylation is 1. The molecule has 0 unspecified atom stereocenters. The van der Waals surface area contributed by atoms with Crippen molar-refractivity contribution in [3.05, 3.63) is 65.1 Å². The monoisotopic (exact) mass is 323 g/mol. The van der Waals surface area contributed by atoms with Crippen LogP contribution in [0.4, 0.5) is 10.1 Å². The lowest BCUT2D eigenvalue weighted by atomic mass is 10.0. The number of halogens is 1. The van der Waals surface area contributed by atoms with Crippen molar-refractivity contribution < 1.29 is 13.9 Å². The van der Waals surface area contributed by atoms with Crippen molar-refractivity contribution in [2.45, 2.75) is 13.5 Å². The molecule has 1 aromatic heterocycles. The number of carbonyl (C=O) groups is 1. The van der Waals surface area contributed by atoms with Gasteiger partial charge in [-0.3, -0.25) is 9.89 Å². The van der Waals surface area contributed by atoms with Crippen molar-refractivity contribution in [3.8, 4) is 17.0 Å². The fraction of sp³-hybridized carbons (Fsp3) is 0.111. The summed E-state index contributed by atoms with van der Waals surface area (Å²) in [5, 5.41) is 9.84. The van der Waals surface area contributed by atoms with E-state index in [0.29, 0.717) is 22.5 Å². The van der Waals surface area contributed by atoms with Crippen LogP contribution in [0.5, 0.6) is 5.75 Å². The van der Waals surface area contributed by atoms with Gasteiger partial charge in [0, 0.05) is 16.8 Å². The van der Waals surface area contributed by atoms with E-state index in [9.17, 15) is 9.18 Å². The largest absolute Gasteiger partial charge is 0.488 e. The van der Waals surface area contributed by atoms with E-state index in [4.69, 9.17) is 4.74 Å². The maximum absolute atomic E-state index is 13.2. The number of H-pyrrole nitrogens is 1. The van der Waals surface area contributed by atoms with Crippen molar-refractivity contribution in [2.75, 3.05) is 5.32 Å². The van der Waals surface area contributed by atoms with E-state index >= 15 is 0 Å². The molecule has 6 heteroatoms. The van der Waals surface area contributed by atoms with Gasteiger partial charge in [-0.15, -0.1) is 0 Å². The first-order chi connectivity index (χ1) is 11.6. The summed E-state index contributed by atoms with van der Waals surface area (Å²) in [6.07, 6.45) is 0. The summed E-state index contributed by atoms with van der Waals surface area (Å²) in [7, 11) is 0. The molecule has 0 saturated carbocycles. The second-order valence-corrected chi connectivity index (χ2v) is 5.62. The molecule has 1 aliphatic rings. The minimum Gasteiger partial charge on any atom is -0.488 e. The fourth-order valence-electron chi connectivity index (χ4n) is 2.81. The van der Waals surface area contributed by atoms with Gasteiger partial charge < -0.3 is 10.1 Å². The predicted octanol–water partition coefficient (Wildman–Crippen LogP) is 3.67. The lowest BCUT2D eigenvalue weighted by molar-refractivity contribution is 0.101. The highest BCUT2D eigenvalue weighted by Gasteiger charge is 2.26. The molecule has 24 heavy (non-hydrogen) atoms. The van der Waals surface area contributed by atoms with Crippen molar-refractivity contribution in [2.24, 2.45) is 0 Å². The van der Waals surface area contributed by atoms with Crippen molar-refractivity contribution in [1.82, 2.24) is 10.2 Å². The van der Waals surface area contributed by atoms with Crippen molar-refractivity contribution >= 4 is 11.6 Å². The highest BCUT2D eigenvalue weighted by Crippen LogP contribution is 2.37. The quantitative estimate of drug-likeness (QED) is 0.756. The predicted molar refractivity (Wildman–Crippen MR) is 87.4 cm³/mol. The van der Waals surface area contributed by atoms with Gasteiger partial charge in [0.15, 0.2) is 0 Å². The second-order valence-electron chi connectivity index (χ2n) is 5.62. The number of hydrogen-bond donors (Lipinski definition) is 2. The van der Waals surface area contributed by atoms with Gasteiger partial charge in [-0.1, -0.05) is 12.1 Å². The average molecular weight is 323 g/mol. The number of hydrogen-bond acceptors (Lipinski definition) is 3. The number of benzene rings is 2. The molecule has 0 atom stereocenters. The van der Waals surface area contributed by atoms with Crippen LogP contribution in [-0.2, 0) is 6.61 Å². The number of para-hydroxylation sites is 1. The summed E-state index contributed by atoms with van der Waals surface area (Å²) in [6, 6.07) is 11.8. The van der Waals surface area contributed by atoms with Gasteiger partial charge in [0.05, 0.1) is 0 Å². The summed E-state index contributed by atoms with van der Waals surface area (Å²) in [5.41, 5.74) is 3.85. The smallest absolute Gasteiger partial charge is 0.274 e. The molecule has 5 nitrogen and oxygen atoms in total. The van der Waals surface area contributed by atoms with Crippen LogP contribution in [0, 0.1) is 12.7 Å². The van der Waals surface area contributed by atoms with Crippen LogP contribution in [0.2, 0.25) is 0 Å². The molecular weight excluding hydrogens is 309 g/mol. The highest BCUT2D eigenvalue weighted by molar-refractivity contribution is 6.05. The Balaban J connectivity index is 1.67. The van der Waals surface area contributed by atoms with Gasteiger partial charge in [0.1, 0.15) is 29.6 Å². The van der Waals surface area contributed by atoms with E-state index in [1.165, 1.54) is 18.2 Å². The number of carbonyl (C=O) groups excluding carboxylic acids is 1. The zero-order valence-electron chi connectivity index (χ0n) is 12.9. The minimum atomic E-state index is -0.338. The zero-order chi connectivity index (χ0) is 16.7. The molecule has 2 N–H and O–H groups in total. The third-order valence-electron chi connectivity index (χ3n) is 4.05. The molecule has 120 valence electrons. The topological polar surface area (TPSA) is 67.0 Å². The molecule has 2 aromatic carbocycles. The number of aromatic amines is 1. The highest BCUT2D eigenvalue weighted by atomic mass is 19.1. The van der Waals surface area contributed by atoms with Crippen LogP contribution in [0.1, 0.15) is 21.6 Å². The Kier molecular flexibility index (Phi) is 3.30. The van der Waals surface area contributed by atoms with E-state index in [1.807, 2.05) is 24.3 Å². The summed E-state index contributed by atoms with van der Waals surface area (Å²) in [5.74, 6) is 0.0775. The molecule has 0 aliphatic carbocycles. The maximum atomic E-state index is 13.2. The van der Waals surface area contributed by atoms with Crippen LogP contribution >= 0.6 is 0 Å². The third kappa shape index (κ3) is 2.32. The van der Waals surface area contributed by atoms with Crippen molar-refractivity contribution in [1.29, 1.82) is 0 Å². The summed E-state index contributed by atoms with van der Waals surface area (Å²) in [4.78, 5) is 12.6. The lowest BCUT2D eigenvalue weighted by Gasteiger charge is -2.17. The van der Waals surface area contributed by atoms with Crippen molar-refractivity contribution in [3.63, 3.8) is 0 Å². The maximum Gasteiger partial charge on any atom is 0.274 e. The minimum absolute atomic E-state index is 0.272. The molecule has 4 rings (SSSR count). The lowest BCUT2D eigenvalue weighted by Crippen LogP contribution is -2.17. The number of nitrogens with zero attached hydrogens (tertiary/aromatic N) is 1. The number of aromatic nitrogens is 2. The molecule has 0 spiro atoms. The van der Waals surface area contributed by atoms with E-state index in [-0.39, 0.29) is 18.3 Å². The van der Waals surface area contributed by atoms with Crippen LogP contribution in [0.3, 0.4) is 0 Å². The first kappa shape index (κ1) is 14.4. The van der Waals surface area contributed by atoms with Crippen LogP contribution in [0.25, 0.3) is 11.3 Å². The first-order valence-electron chi connectivity index (χ1n) is 7.50. The van der Waals surface area contributed by atoms with Gasteiger partial charge in [0.25, 0.3) is 5.91 Å². The molecule has 2 heterocycles. The molecule has 0 bridgehead atoms. The molecule has 3 aromatic rings. The number of amides is 1. The van der Waals surface area contributed by atoms with E-state index < -0.39 is 0 Å². The van der Waals surface area contributed by atoms with Crippen LogP contribution in [0.15, 0.2) is 42.5 Å². The molecule has 1 aliphatic heterocycles. The van der Waals surface area contributed by atoms with Gasteiger partial charge in [-0.2, -0.15) is 5.10 Å². The third-order valence-corrected chi connectivity index (χ3v) is 4.05. The molecule has 0 fully saturated rings. The molecular formula is C18H14FN3O2.